The summed E-state index contributed by atoms with van der Waals surface area (Å²) in [5, 5.41) is 9.14. The van der Waals surface area contributed by atoms with Gasteiger partial charge in [-0.15, -0.1) is 0 Å². The van der Waals surface area contributed by atoms with E-state index in [0.717, 1.165) is 49.5 Å². The van der Waals surface area contributed by atoms with Crippen molar-refractivity contribution < 1.29 is 14.6 Å². The van der Waals surface area contributed by atoms with Crippen LogP contribution in [0.5, 0.6) is 0 Å². The van der Waals surface area contributed by atoms with Crippen LogP contribution in [0.2, 0.25) is 0 Å². The molecule has 0 radical (unpaired) electrons. The van der Waals surface area contributed by atoms with Crippen LogP contribution in [0.25, 0.3) is 11.3 Å². The van der Waals surface area contributed by atoms with Crippen molar-refractivity contribution in [2.45, 2.75) is 6.54 Å². The van der Waals surface area contributed by atoms with E-state index in [0.29, 0.717) is 5.69 Å². The molecule has 1 N–H and O–H groups in total. The minimum Gasteiger partial charge on any atom is -0.478 e. The van der Waals surface area contributed by atoms with E-state index in [2.05, 4.69) is 33.9 Å². The molecule has 0 atom stereocenters. The first-order valence-corrected chi connectivity index (χ1v) is 9.88. The molecule has 1 fully saturated rings. The fourth-order valence-corrected chi connectivity index (χ4v) is 3.36. The number of rotatable bonds is 4. The molecular weight excluding hydrogens is 376 g/mol. The highest BCUT2D eigenvalue weighted by atomic mass is 16.5. The molecule has 0 bridgehead atoms. The van der Waals surface area contributed by atoms with Gasteiger partial charge in [0.15, 0.2) is 0 Å². The summed E-state index contributed by atoms with van der Waals surface area (Å²) in [6.07, 6.45) is 1.51. The summed E-state index contributed by atoms with van der Waals surface area (Å²) in [7, 11) is 0. The summed E-state index contributed by atoms with van der Waals surface area (Å²) in [5.74, 6) is 5.48. The number of carboxylic acids is 1. The number of carboxylic acid groups (broad SMARTS) is 1. The van der Waals surface area contributed by atoms with Crippen LogP contribution >= 0.6 is 0 Å². The lowest BCUT2D eigenvalue weighted by Gasteiger charge is -2.26. The fourth-order valence-electron chi connectivity index (χ4n) is 3.36. The van der Waals surface area contributed by atoms with Crippen LogP contribution in [0, 0.1) is 11.8 Å². The van der Waals surface area contributed by atoms with E-state index in [1.54, 1.807) is 6.07 Å². The highest BCUT2D eigenvalue weighted by Crippen LogP contribution is 2.18. The topological polar surface area (TPSA) is 62.7 Å². The lowest BCUT2D eigenvalue weighted by Crippen LogP contribution is -2.35. The minimum absolute atomic E-state index is 0.223. The fraction of sp³-hybridized carbons (Fsp3) is 0.200. The van der Waals surface area contributed by atoms with Gasteiger partial charge in [-0.3, -0.25) is 9.88 Å². The Kier molecular flexibility index (Phi) is 6.19. The molecule has 0 saturated carbocycles. The maximum atomic E-state index is 11.1. The molecule has 1 aliphatic heterocycles. The second-order valence-electron chi connectivity index (χ2n) is 7.15. The number of benzene rings is 2. The number of ether oxygens (including phenoxy) is 1. The van der Waals surface area contributed by atoms with Crippen molar-refractivity contribution in [1.29, 1.82) is 0 Å². The Morgan fingerprint density at radius 2 is 1.77 bits per heavy atom. The number of morpholine rings is 1. The van der Waals surface area contributed by atoms with Crippen LogP contribution in [0.3, 0.4) is 0 Å². The molecule has 150 valence electrons. The summed E-state index contributed by atoms with van der Waals surface area (Å²) in [5.41, 5.74) is 4.85. The highest BCUT2D eigenvalue weighted by Gasteiger charge is 2.10. The standard InChI is InChI=1S/C25H22N2O3/c28-25(29)23-10-11-26-24(17-23)22-8-6-19(7-9-22)4-5-20-2-1-3-21(16-20)18-27-12-14-30-15-13-27/h1-3,6-11,16-17H,12-15,18H2,(H,28,29). The maximum absolute atomic E-state index is 11.1. The number of nitrogens with zero attached hydrogens (tertiary/aromatic N) is 2. The number of hydrogen-bond acceptors (Lipinski definition) is 4. The van der Waals surface area contributed by atoms with E-state index in [4.69, 9.17) is 9.84 Å². The Morgan fingerprint density at radius 1 is 1.00 bits per heavy atom. The molecule has 5 nitrogen and oxygen atoms in total. The molecule has 0 amide bonds. The summed E-state index contributed by atoms with van der Waals surface area (Å²) in [4.78, 5) is 17.8. The quantitative estimate of drug-likeness (QED) is 0.680. The smallest absolute Gasteiger partial charge is 0.335 e. The van der Waals surface area contributed by atoms with Crippen molar-refractivity contribution in [3.63, 3.8) is 0 Å². The Bertz CT molecular complexity index is 1090. The summed E-state index contributed by atoms with van der Waals surface area (Å²) < 4.78 is 5.41. The number of pyridine rings is 1. The molecule has 1 saturated heterocycles. The molecule has 1 aliphatic rings. The van der Waals surface area contributed by atoms with Gasteiger partial charge >= 0.3 is 5.97 Å². The zero-order valence-electron chi connectivity index (χ0n) is 16.5. The molecule has 5 heteroatoms. The molecule has 3 aromatic rings. The Labute approximate surface area is 176 Å². The van der Waals surface area contributed by atoms with Crippen molar-refractivity contribution >= 4 is 5.97 Å². The van der Waals surface area contributed by atoms with Crippen molar-refractivity contribution in [3.8, 4) is 23.1 Å². The molecule has 1 aromatic heterocycles. The number of aromatic carboxylic acids is 1. The van der Waals surface area contributed by atoms with Crippen molar-refractivity contribution in [3.05, 3.63) is 89.1 Å². The van der Waals surface area contributed by atoms with Crippen molar-refractivity contribution in [2.75, 3.05) is 26.3 Å². The number of carbonyl (C=O) groups is 1. The molecule has 2 heterocycles. The lowest BCUT2D eigenvalue weighted by atomic mass is 10.1. The SMILES string of the molecule is O=C(O)c1ccnc(-c2ccc(C#Cc3cccc(CN4CCOCC4)c3)cc2)c1. The van der Waals surface area contributed by atoms with Crippen molar-refractivity contribution in [1.82, 2.24) is 9.88 Å². The molecule has 2 aromatic carbocycles. The third-order valence-corrected chi connectivity index (χ3v) is 4.98. The van der Waals surface area contributed by atoms with Crippen LogP contribution in [-0.2, 0) is 11.3 Å². The summed E-state index contributed by atoms with van der Waals surface area (Å²) in [6, 6.07) is 19.1. The normalized spacial score (nSPS) is 14.0. The third kappa shape index (κ3) is 5.12. The zero-order chi connectivity index (χ0) is 20.8. The van der Waals surface area contributed by atoms with E-state index < -0.39 is 5.97 Å². The first-order valence-electron chi connectivity index (χ1n) is 9.88. The number of aromatic nitrogens is 1. The summed E-state index contributed by atoms with van der Waals surface area (Å²) >= 11 is 0. The van der Waals surface area contributed by atoms with Crippen LogP contribution in [-0.4, -0.2) is 47.3 Å². The average molecular weight is 398 g/mol. The van der Waals surface area contributed by atoms with E-state index in [9.17, 15) is 4.79 Å². The van der Waals surface area contributed by atoms with Gasteiger partial charge in [-0.25, -0.2) is 4.79 Å². The molecular formula is C25H22N2O3. The zero-order valence-corrected chi connectivity index (χ0v) is 16.5. The first kappa shape index (κ1) is 19.8. The van der Waals surface area contributed by atoms with Gasteiger partial charge in [0.25, 0.3) is 0 Å². The monoisotopic (exact) mass is 398 g/mol. The van der Waals surface area contributed by atoms with Gasteiger partial charge in [-0.2, -0.15) is 0 Å². The van der Waals surface area contributed by atoms with Crippen LogP contribution < -0.4 is 0 Å². The second-order valence-corrected chi connectivity index (χ2v) is 7.15. The second kappa shape index (κ2) is 9.36. The van der Waals surface area contributed by atoms with Gasteiger partial charge in [0.05, 0.1) is 24.5 Å². The maximum Gasteiger partial charge on any atom is 0.335 e. The predicted octanol–water partition coefficient (Wildman–Crippen LogP) is 3.68. The van der Waals surface area contributed by atoms with Crippen LogP contribution in [0.4, 0.5) is 0 Å². The lowest BCUT2D eigenvalue weighted by molar-refractivity contribution is 0.0342. The molecule has 30 heavy (non-hydrogen) atoms. The Hall–Kier alpha value is -3.46. The number of hydrogen-bond donors (Lipinski definition) is 1. The Balaban J connectivity index is 1.46. The summed E-state index contributed by atoms with van der Waals surface area (Å²) in [6.45, 7) is 4.44. The Morgan fingerprint density at radius 3 is 2.53 bits per heavy atom. The van der Waals surface area contributed by atoms with Gasteiger partial charge in [0.1, 0.15) is 0 Å². The molecule has 4 rings (SSSR count). The first-order chi connectivity index (χ1) is 14.7. The highest BCUT2D eigenvalue weighted by molar-refractivity contribution is 5.88. The van der Waals surface area contributed by atoms with Gasteiger partial charge < -0.3 is 9.84 Å². The van der Waals surface area contributed by atoms with E-state index >= 15 is 0 Å². The van der Waals surface area contributed by atoms with E-state index in [-0.39, 0.29) is 5.56 Å². The van der Waals surface area contributed by atoms with Crippen LogP contribution in [0.1, 0.15) is 27.0 Å². The van der Waals surface area contributed by atoms with Gasteiger partial charge in [-0.1, -0.05) is 36.1 Å². The van der Waals surface area contributed by atoms with E-state index in [1.165, 1.54) is 17.8 Å². The van der Waals surface area contributed by atoms with Gasteiger partial charge in [-0.05, 0) is 42.0 Å². The predicted molar refractivity (Wildman–Crippen MR) is 115 cm³/mol. The third-order valence-electron chi connectivity index (χ3n) is 4.98. The van der Waals surface area contributed by atoms with E-state index in [1.807, 2.05) is 36.4 Å². The molecule has 0 aliphatic carbocycles. The van der Waals surface area contributed by atoms with Gasteiger partial charge in [0, 0.05) is 42.5 Å². The largest absolute Gasteiger partial charge is 0.478 e. The minimum atomic E-state index is -0.961. The van der Waals surface area contributed by atoms with Gasteiger partial charge in [0.2, 0.25) is 0 Å². The molecule has 0 unspecified atom stereocenters. The molecule has 0 spiro atoms. The average Bonchev–Trinajstić information content (AvgIpc) is 2.79. The van der Waals surface area contributed by atoms with Crippen molar-refractivity contribution in [2.24, 2.45) is 0 Å². The van der Waals surface area contributed by atoms with Crippen LogP contribution in [0.15, 0.2) is 66.9 Å².